The molecule has 102 valence electrons. The number of hydrogen-bond acceptors (Lipinski definition) is 4. The van der Waals surface area contributed by atoms with Gasteiger partial charge < -0.3 is 15.2 Å². The van der Waals surface area contributed by atoms with Gasteiger partial charge in [-0.05, 0) is 19.6 Å². The third-order valence-corrected chi connectivity index (χ3v) is 2.96. The van der Waals surface area contributed by atoms with E-state index in [2.05, 4.69) is 34.0 Å². The van der Waals surface area contributed by atoms with Crippen molar-refractivity contribution >= 4 is 0 Å². The number of hydrogen-bond donors (Lipinski definition) is 2. The van der Waals surface area contributed by atoms with E-state index in [1.165, 1.54) is 0 Å². The molecule has 0 saturated carbocycles. The SMILES string of the molecule is CCNCc1cc(=O)[nH]c(CCN(CC)CC)n1. The second-order valence-corrected chi connectivity index (χ2v) is 4.24. The molecule has 1 aromatic heterocycles. The molecular formula is C13H24N4O. The van der Waals surface area contributed by atoms with Gasteiger partial charge in [0, 0.05) is 25.6 Å². The van der Waals surface area contributed by atoms with E-state index >= 15 is 0 Å². The number of H-pyrrole nitrogens is 1. The smallest absolute Gasteiger partial charge is 0.251 e. The average Bonchev–Trinajstić information content (AvgIpc) is 2.37. The highest BCUT2D eigenvalue weighted by molar-refractivity contribution is 5.03. The van der Waals surface area contributed by atoms with Crippen molar-refractivity contribution in [1.29, 1.82) is 0 Å². The highest BCUT2D eigenvalue weighted by Crippen LogP contribution is 1.96. The minimum atomic E-state index is -0.0625. The van der Waals surface area contributed by atoms with Crippen molar-refractivity contribution < 1.29 is 0 Å². The third-order valence-electron chi connectivity index (χ3n) is 2.96. The molecule has 0 radical (unpaired) electrons. The molecule has 0 bridgehead atoms. The molecule has 18 heavy (non-hydrogen) atoms. The fourth-order valence-electron chi connectivity index (χ4n) is 1.83. The quantitative estimate of drug-likeness (QED) is 0.717. The number of aromatic amines is 1. The Labute approximate surface area is 109 Å². The van der Waals surface area contributed by atoms with Gasteiger partial charge >= 0.3 is 0 Å². The van der Waals surface area contributed by atoms with Crippen LogP contribution in [-0.4, -0.2) is 41.0 Å². The average molecular weight is 252 g/mol. The van der Waals surface area contributed by atoms with Crippen molar-refractivity contribution in [3.05, 3.63) is 27.9 Å². The Morgan fingerprint density at radius 2 is 2.06 bits per heavy atom. The summed E-state index contributed by atoms with van der Waals surface area (Å²) in [5, 5.41) is 3.18. The van der Waals surface area contributed by atoms with Gasteiger partial charge in [0.05, 0.1) is 5.69 Å². The maximum Gasteiger partial charge on any atom is 0.251 e. The molecule has 0 saturated heterocycles. The Morgan fingerprint density at radius 1 is 1.33 bits per heavy atom. The Balaban J connectivity index is 2.64. The van der Waals surface area contributed by atoms with Crippen LogP contribution in [0, 0.1) is 0 Å². The zero-order valence-corrected chi connectivity index (χ0v) is 11.6. The summed E-state index contributed by atoms with van der Waals surface area (Å²) in [5.41, 5.74) is 0.752. The maximum absolute atomic E-state index is 11.5. The number of nitrogens with zero attached hydrogens (tertiary/aromatic N) is 2. The van der Waals surface area contributed by atoms with E-state index in [1.807, 2.05) is 6.92 Å². The molecule has 0 spiro atoms. The van der Waals surface area contributed by atoms with Gasteiger partial charge in [-0.25, -0.2) is 4.98 Å². The first-order chi connectivity index (χ1) is 8.69. The van der Waals surface area contributed by atoms with Crippen molar-refractivity contribution in [2.24, 2.45) is 0 Å². The van der Waals surface area contributed by atoms with Crippen LogP contribution in [0.5, 0.6) is 0 Å². The van der Waals surface area contributed by atoms with Crippen molar-refractivity contribution in [3.63, 3.8) is 0 Å². The minimum absolute atomic E-state index is 0.0625. The van der Waals surface area contributed by atoms with Crippen LogP contribution in [0.4, 0.5) is 0 Å². The first-order valence-corrected chi connectivity index (χ1v) is 6.71. The van der Waals surface area contributed by atoms with Crippen molar-refractivity contribution in [2.75, 3.05) is 26.2 Å². The van der Waals surface area contributed by atoms with E-state index in [1.54, 1.807) is 6.07 Å². The monoisotopic (exact) mass is 252 g/mol. The first kappa shape index (κ1) is 14.9. The van der Waals surface area contributed by atoms with Gasteiger partial charge in [-0.3, -0.25) is 4.79 Å². The Hall–Kier alpha value is -1.20. The molecular weight excluding hydrogens is 228 g/mol. The number of aromatic nitrogens is 2. The topological polar surface area (TPSA) is 61.0 Å². The fourth-order valence-corrected chi connectivity index (χ4v) is 1.83. The normalized spacial score (nSPS) is 11.1. The molecule has 5 heteroatoms. The van der Waals surface area contributed by atoms with Gasteiger partial charge in [0.2, 0.25) is 0 Å². The van der Waals surface area contributed by atoms with Crippen LogP contribution < -0.4 is 10.9 Å². The van der Waals surface area contributed by atoms with E-state index in [0.29, 0.717) is 6.54 Å². The molecule has 0 aliphatic carbocycles. The molecule has 5 nitrogen and oxygen atoms in total. The molecule has 1 rings (SSSR count). The maximum atomic E-state index is 11.5. The van der Waals surface area contributed by atoms with Crippen LogP contribution in [0.3, 0.4) is 0 Å². The molecule has 1 aromatic rings. The standard InChI is InChI=1S/C13H24N4O/c1-4-14-10-11-9-13(18)16-12(15-11)7-8-17(5-2)6-3/h9,14H,4-8,10H2,1-3H3,(H,15,16,18). The molecule has 0 aliphatic rings. The summed E-state index contributed by atoms with van der Waals surface area (Å²) in [6.07, 6.45) is 0.789. The Bertz CT molecular complexity index is 398. The lowest BCUT2D eigenvalue weighted by atomic mass is 10.3. The number of rotatable bonds is 8. The van der Waals surface area contributed by atoms with Crippen molar-refractivity contribution in [3.8, 4) is 0 Å². The van der Waals surface area contributed by atoms with Gasteiger partial charge in [0.15, 0.2) is 0 Å². The van der Waals surface area contributed by atoms with E-state index in [-0.39, 0.29) is 5.56 Å². The van der Waals surface area contributed by atoms with Crippen LogP contribution in [-0.2, 0) is 13.0 Å². The molecule has 0 aliphatic heterocycles. The number of nitrogens with one attached hydrogen (secondary N) is 2. The van der Waals surface area contributed by atoms with Crippen LogP contribution in [0.15, 0.2) is 10.9 Å². The highest BCUT2D eigenvalue weighted by atomic mass is 16.1. The molecule has 1 heterocycles. The van der Waals surface area contributed by atoms with Gasteiger partial charge in [-0.15, -0.1) is 0 Å². The van der Waals surface area contributed by atoms with Gasteiger partial charge in [0.25, 0.3) is 5.56 Å². The van der Waals surface area contributed by atoms with Gasteiger partial charge in [-0.2, -0.15) is 0 Å². The summed E-state index contributed by atoms with van der Waals surface area (Å²) in [6, 6.07) is 1.56. The van der Waals surface area contributed by atoms with E-state index in [4.69, 9.17) is 0 Å². The lowest BCUT2D eigenvalue weighted by molar-refractivity contribution is 0.305. The van der Waals surface area contributed by atoms with Crippen molar-refractivity contribution in [1.82, 2.24) is 20.2 Å². The van der Waals surface area contributed by atoms with Crippen LogP contribution in [0.25, 0.3) is 0 Å². The summed E-state index contributed by atoms with van der Waals surface area (Å²) >= 11 is 0. The Kier molecular flexibility index (Phi) is 6.60. The van der Waals surface area contributed by atoms with E-state index in [0.717, 1.165) is 44.1 Å². The predicted molar refractivity (Wildman–Crippen MR) is 73.7 cm³/mol. The number of likely N-dealkylation sites (N-methyl/N-ethyl adjacent to an activating group) is 1. The molecule has 0 aromatic carbocycles. The zero-order valence-electron chi connectivity index (χ0n) is 11.6. The lowest BCUT2D eigenvalue weighted by Crippen LogP contribution is -2.27. The lowest BCUT2D eigenvalue weighted by Gasteiger charge is -2.17. The predicted octanol–water partition coefficient (Wildman–Crippen LogP) is 0.764. The summed E-state index contributed by atoms with van der Waals surface area (Å²) in [5.74, 6) is 0.780. The first-order valence-electron chi connectivity index (χ1n) is 6.71. The second-order valence-electron chi connectivity index (χ2n) is 4.24. The van der Waals surface area contributed by atoms with E-state index in [9.17, 15) is 4.79 Å². The molecule has 0 fully saturated rings. The summed E-state index contributed by atoms with van der Waals surface area (Å²) in [7, 11) is 0. The molecule has 0 atom stereocenters. The molecule has 0 unspecified atom stereocenters. The third kappa shape index (κ3) is 4.98. The van der Waals surface area contributed by atoms with Gasteiger partial charge in [0.1, 0.15) is 5.82 Å². The van der Waals surface area contributed by atoms with Crippen LogP contribution in [0.1, 0.15) is 32.3 Å². The van der Waals surface area contributed by atoms with Crippen LogP contribution in [0.2, 0.25) is 0 Å². The summed E-state index contributed by atoms with van der Waals surface area (Å²) in [6.45, 7) is 10.8. The zero-order chi connectivity index (χ0) is 13.4. The molecule has 2 N–H and O–H groups in total. The highest BCUT2D eigenvalue weighted by Gasteiger charge is 2.04. The Morgan fingerprint density at radius 3 is 2.67 bits per heavy atom. The minimum Gasteiger partial charge on any atom is -0.311 e. The fraction of sp³-hybridized carbons (Fsp3) is 0.692. The van der Waals surface area contributed by atoms with Crippen LogP contribution >= 0.6 is 0 Å². The van der Waals surface area contributed by atoms with Crippen molar-refractivity contribution in [2.45, 2.75) is 33.7 Å². The largest absolute Gasteiger partial charge is 0.311 e. The summed E-state index contributed by atoms with van der Waals surface area (Å²) in [4.78, 5) is 21.1. The van der Waals surface area contributed by atoms with Gasteiger partial charge in [-0.1, -0.05) is 20.8 Å². The second kappa shape index (κ2) is 8.00. The molecule has 0 amide bonds. The van der Waals surface area contributed by atoms with E-state index < -0.39 is 0 Å². The summed E-state index contributed by atoms with van der Waals surface area (Å²) < 4.78 is 0.